The van der Waals surface area contributed by atoms with Crippen molar-refractivity contribution >= 4 is 41.3 Å². The monoisotopic (exact) mass is 448 g/mol. The zero-order valence-corrected chi connectivity index (χ0v) is 17.4. The molecule has 1 N–H and O–H groups in total. The van der Waals surface area contributed by atoms with Crippen LogP contribution in [-0.2, 0) is 18.5 Å². The summed E-state index contributed by atoms with van der Waals surface area (Å²) in [5, 5.41) is 7.52. The minimum absolute atomic E-state index is 0. The maximum absolute atomic E-state index is 5.78. The van der Waals surface area contributed by atoms with E-state index in [0.29, 0.717) is 12.4 Å². The molecule has 0 aliphatic carbocycles. The van der Waals surface area contributed by atoms with E-state index in [1.54, 1.807) is 24.6 Å². The first-order valence-electron chi connectivity index (χ1n) is 7.28. The van der Waals surface area contributed by atoms with Crippen molar-refractivity contribution < 1.29 is 4.42 Å². The molecule has 0 unspecified atom stereocenters. The second-order valence-corrected chi connectivity index (χ2v) is 7.04. The maximum atomic E-state index is 5.78. The van der Waals surface area contributed by atoms with E-state index in [0.717, 1.165) is 18.3 Å². The first kappa shape index (κ1) is 20.0. The molecule has 0 aliphatic rings. The average Bonchev–Trinajstić information content (AvgIpc) is 3.09. The molecule has 0 saturated carbocycles. The molecule has 2 rings (SSSR count). The molecule has 0 atom stereocenters. The number of oxazole rings is 1. The van der Waals surface area contributed by atoms with Crippen LogP contribution in [0.3, 0.4) is 0 Å². The number of hydrogen-bond donors (Lipinski definition) is 1. The van der Waals surface area contributed by atoms with Gasteiger partial charge in [0.2, 0.25) is 5.89 Å². The predicted molar refractivity (Wildman–Crippen MR) is 107 cm³/mol. The molecule has 0 saturated heterocycles. The van der Waals surface area contributed by atoms with E-state index in [1.807, 2.05) is 7.05 Å². The highest BCUT2D eigenvalue weighted by atomic mass is 127. The summed E-state index contributed by atoms with van der Waals surface area (Å²) in [7, 11) is 3.80. The molecule has 0 bridgehead atoms. The molecule has 0 aliphatic heterocycles. The third kappa shape index (κ3) is 5.80. The lowest BCUT2D eigenvalue weighted by molar-refractivity contribution is 0.376. The summed E-state index contributed by atoms with van der Waals surface area (Å²) >= 11 is 1.70. The summed E-state index contributed by atoms with van der Waals surface area (Å²) < 4.78 is 5.78. The van der Waals surface area contributed by atoms with Crippen molar-refractivity contribution in [2.75, 3.05) is 14.1 Å². The lowest BCUT2D eigenvalue weighted by Gasteiger charge is -2.21. The molecule has 0 amide bonds. The Kier molecular flexibility index (Phi) is 7.53. The van der Waals surface area contributed by atoms with Crippen molar-refractivity contribution in [1.82, 2.24) is 15.2 Å². The number of halogens is 1. The van der Waals surface area contributed by atoms with Crippen LogP contribution in [-0.4, -0.2) is 29.9 Å². The molecule has 5 nitrogen and oxygen atoms in total. The van der Waals surface area contributed by atoms with Crippen molar-refractivity contribution in [2.24, 2.45) is 4.99 Å². The topological polar surface area (TPSA) is 53.7 Å². The Hall–Kier alpha value is -1.09. The molecule has 0 aromatic carbocycles. The van der Waals surface area contributed by atoms with Gasteiger partial charge in [-0.25, -0.2) is 4.98 Å². The predicted octanol–water partition coefficient (Wildman–Crippen LogP) is 3.86. The van der Waals surface area contributed by atoms with Crippen LogP contribution in [0.4, 0.5) is 0 Å². The molecule has 2 aromatic rings. The molecular formula is C16H25IN4OS. The van der Waals surface area contributed by atoms with Gasteiger partial charge in [-0.1, -0.05) is 20.8 Å². The summed E-state index contributed by atoms with van der Waals surface area (Å²) in [6, 6.07) is 2.12. The van der Waals surface area contributed by atoms with E-state index in [9.17, 15) is 0 Å². The largest absolute Gasteiger partial charge is 0.443 e. The number of nitrogens with one attached hydrogen (secondary N) is 1. The number of guanidine groups is 1. The van der Waals surface area contributed by atoms with Crippen LogP contribution in [0.2, 0.25) is 0 Å². The molecule has 2 heterocycles. The van der Waals surface area contributed by atoms with Crippen molar-refractivity contribution in [3.8, 4) is 0 Å². The van der Waals surface area contributed by atoms with Gasteiger partial charge < -0.3 is 14.6 Å². The second kappa shape index (κ2) is 8.68. The van der Waals surface area contributed by atoms with Gasteiger partial charge in [-0.2, -0.15) is 11.3 Å². The van der Waals surface area contributed by atoms with Gasteiger partial charge in [0, 0.05) is 26.1 Å². The smallest absolute Gasteiger partial charge is 0.213 e. The van der Waals surface area contributed by atoms with Crippen LogP contribution in [0.5, 0.6) is 0 Å². The molecule has 7 heteroatoms. The number of aromatic nitrogens is 1. The van der Waals surface area contributed by atoms with Crippen molar-refractivity contribution in [3.05, 3.63) is 40.2 Å². The molecular weight excluding hydrogens is 423 g/mol. The molecule has 0 radical (unpaired) electrons. The van der Waals surface area contributed by atoms with Crippen LogP contribution in [0.15, 0.2) is 32.4 Å². The van der Waals surface area contributed by atoms with Crippen LogP contribution in [0, 0.1) is 0 Å². The van der Waals surface area contributed by atoms with Gasteiger partial charge in [0.1, 0.15) is 5.76 Å². The number of hydrogen-bond acceptors (Lipinski definition) is 4. The highest BCUT2D eigenvalue weighted by molar-refractivity contribution is 14.0. The van der Waals surface area contributed by atoms with Gasteiger partial charge in [0.15, 0.2) is 5.96 Å². The van der Waals surface area contributed by atoms with E-state index < -0.39 is 0 Å². The average molecular weight is 448 g/mol. The molecule has 23 heavy (non-hydrogen) atoms. The van der Waals surface area contributed by atoms with E-state index in [1.165, 1.54) is 5.56 Å². The van der Waals surface area contributed by atoms with E-state index in [4.69, 9.17) is 4.42 Å². The molecule has 128 valence electrons. The van der Waals surface area contributed by atoms with Gasteiger partial charge >= 0.3 is 0 Å². The highest BCUT2D eigenvalue weighted by Crippen LogP contribution is 2.22. The normalized spacial score (nSPS) is 12.0. The lowest BCUT2D eigenvalue weighted by Crippen LogP contribution is -2.38. The van der Waals surface area contributed by atoms with Crippen LogP contribution < -0.4 is 5.32 Å². The van der Waals surface area contributed by atoms with Crippen molar-refractivity contribution in [3.63, 3.8) is 0 Å². The van der Waals surface area contributed by atoms with Gasteiger partial charge in [0.05, 0.1) is 12.7 Å². The second-order valence-electron chi connectivity index (χ2n) is 6.26. The van der Waals surface area contributed by atoms with Crippen LogP contribution >= 0.6 is 35.3 Å². The fourth-order valence-corrected chi connectivity index (χ4v) is 2.67. The zero-order chi connectivity index (χ0) is 16.2. The fraction of sp³-hybridized carbons (Fsp3) is 0.500. The SMILES string of the molecule is CN=C(NCc1ncc(C(C)(C)C)o1)N(C)Cc1ccsc1.I. The Morgan fingerprint density at radius 3 is 2.70 bits per heavy atom. The van der Waals surface area contributed by atoms with Gasteiger partial charge in [-0.3, -0.25) is 4.99 Å². The maximum Gasteiger partial charge on any atom is 0.213 e. The molecule has 2 aromatic heterocycles. The summed E-state index contributed by atoms with van der Waals surface area (Å²) in [5.41, 5.74) is 1.25. The van der Waals surface area contributed by atoms with E-state index in [-0.39, 0.29) is 29.4 Å². The van der Waals surface area contributed by atoms with Crippen molar-refractivity contribution in [1.29, 1.82) is 0 Å². The van der Waals surface area contributed by atoms with Crippen molar-refractivity contribution in [2.45, 2.75) is 39.3 Å². The van der Waals surface area contributed by atoms with E-state index >= 15 is 0 Å². The Morgan fingerprint density at radius 2 is 2.17 bits per heavy atom. The number of rotatable bonds is 4. The number of aliphatic imine (C=N–C) groups is 1. The van der Waals surface area contributed by atoms with Gasteiger partial charge in [-0.15, -0.1) is 24.0 Å². The first-order chi connectivity index (χ1) is 10.4. The Balaban J connectivity index is 0.00000264. The first-order valence-corrected chi connectivity index (χ1v) is 8.22. The standard InChI is InChI=1S/C16H24N4OS.HI/c1-16(2,3)13-8-18-14(21-13)9-19-15(17-4)20(5)10-12-6-7-22-11-12;/h6-8,11H,9-10H2,1-5H3,(H,17,19);1H. The lowest BCUT2D eigenvalue weighted by atomic mass is 9.94. The Labute approximate surface area is 159 Å². The molecule has 0 spiro atoms. The number of thiophene rings is 1. The van der Waals surface area contributed by atoms with E-state index in [2.05, 4.69) is 57.8 Å². The quantitative estimate of drug-likeness (QED) is 0.439. The number of nitrogens with zero attached hydrogens (tertiary/aromatic N) is 3. The zero-order valence-electron chi connectivity index (χ0n) is 14.3. The van der Waals surface area contributed by atoms with Gasteiger partial charge in [-0.05, 0) is 22.4 Å². The van der Waals surface area contributed by atoms with Crippen LogP contribution in [0.25, 0.3) is 0 Å². The molecule has 0 fully saturated rings. The minimum atomic E-state index is -0.0251. The van der Waals surface area contributed by atoms with Gasteiger partial charge in [0.25, 0.3) is 0 Å². The Bertz CT molecular complexity index is 616. The van der Waals surface area contributed by atoms with Crippen LogP contribution in [0.1, 0.15) is 38.0 Å². The summed E-state index contributed by atoms with van der Waals surface area (Å²) in [5.74, 6) is 2.39. The third-order valence-corrected chi connectivity index (χ3v) is 4.00. The Morgan fingerprint density at radius 1 is 1.43 bits per heavy atom. The minimum Gasteiger partial charge on any atom is -0.443 e. The third-order valence-electron chi connectivity index (χ3n) is 3.26. The summed E-state index contributed by atoms with van der Waals surface area (Å²) in [6.07, 6.45) is 1.80. The highest BCUT2D eigenvalue weighted by Gasteiger charge is 2.19. The summed E-state index contributed by atoms with van der Waals surface area (Å²) in [4.78, 5) is 10.7. The summed E-state index contributed by atoms with van der Waals surface area (Å²) in [6.45, 7) is 7.67. The fourth-order valence-electron chi connectivity index (χ4n) is 2.01.